The Morgan fingerprint density at radius 3 is 2.30 bits per heavy atom. The van der Waals surface area contributed by atoms with Crippen molar-refractivity contribution in [3.05, 3.63) is 29.3 Å². The molecule has 3 nitrogen and oxygen atoms in total. The van der Waals surface area contributed by atoms with Crippen LogP contribution in [-0.2, 0) is 13.0 Å². The predicted octanol–water partition coefficient (Wildman–Crippen LogP) is 3.06. The van der Waals surface area contributed by atoms with Gasteiger partial charge in [-0.3, -0.25) is 0 Å². The molecule has 0 aliphatic rings. The molecule has 0 spiro atoms. The lowest BCUT2D eigenvalue weighted by Crippen LogP contribution is -2.14. The quantitative estimate of drug-likeness (QED) is 0.734. The summed E-state index contributed by atoms with van der Waals surface area (Å²) in [6.07, 6.45) is 2.24. The number of rotatable bonds is 8. The average molecular weight is 301 g/mol. The first-order chi connectivity index (χ1) is 9.02. The van der Waals surface area contributed by atoms with E-state index in [1.165, 1.54) is 17.5 Å². The van der Waals surface area contributed by atoms with Gasteiger partial charge in [0.25, 0.3) is 0 Å². The SMILES string of the molecule is CCOc1ccc(CN(C)C)cc1CCCN(C)C.Cl. The van der Waals surface area contributed by atoms with Crippen LogP contribution in [0.25, 0.3) is 0 Å². The molecule has 0 heterocycles. The highest BCUT2D eigenvalue weighted by atomic mass is 35.5. The Labute approximate surface area is 130 Å². The Kier molecular flexibility index (Phi) is 9.64. The predicted molar refractivity (Wildman–Crippen MR) is 89.1 cm³/mol. The van der Waals surface area contributed by atoms with Crippen LogP contribution >= 0.6 is 12.4 Å². The zero-order valence-corrected chi connectivity index (χ0v) is 14.3. The van der Waals surface area contributed by atoms with Crippen molar-refractivity contribution in [3.8, 4) is 5.75 Å². The molecule has 0 N–H and O–H groups in total. The van der Waals surface area contributed by atoms with Gasteiger partial charge in [-0.25, -0.2) is 0 Å². The molecule has 116 valence electrons. The van der Waals surface area contributed by atoms with Crippen LogP contribution in [0.4, 0.5) is 0 Å². The summed E-state index contributed by atoms with van der Waals surface area (Å²) in [5.74, 6) is 1.05. The minimum atomic E-state index is 0. The van der Waals surface area contributed by atoms with Crippen molar-refractivity contribution in [2.75, 3.05) is 41.3 Å². The van der Waals surface area contributed by atoms with Gasteiger partial charge in [0.05, 0.1) is 6.61 Å². The summed E-state index contributed by atoms with van der Waals surface area (Å²) in [6, 6.07) is 6.58. The van der Waals surface area contributed by atoms with Crippen LogP contribution in [0.5, 0.6) is 5.75 Å². The second-order valence-electron chi connectivity index (χ2n) is 5.52. The van der Waals surface area contributed by atoms with Crippen LogP contribution in [0.15, 0.2) is 18.2 Å². The van der Waals surface area contributed by atoms with E-state index in [2.05, 4.69) is 56.2 Å². The van der Waals surface area contributed by atoms with Gasteiger partial charge in [-0.1, -0.05) is 12.1 Å². The van der Waals surface area contributed by atoms with Gasteiger partial charge in [-0.15, -0.1) is 12.4 Å². The van der Waals surface area contributed by atoms with E-state index in [0.29, 0.717) is 0 Å². The first-order valence-electron chi connectivity index (χ1n) is 7.07. The third kappa shape index (κ3) is 7.13. The third-order valence-corrected chi connectivity index (χ3v) is 2.97. The fraction of sp³-hybridized carbons (Fsp3) is 0.625. The summed E-state index contributed by atoms with van der Waals surface area (Å²) >= 11 is 0. The second-order valence-corrected chi connectivity index (χ2v) is 5.52. The van der Waals surface area contributed by atoms with Gasteiger partial charge in [-0.2, -0.15) is 0 Å². The number of benzene rings is 1. The molecule has 0 unspecified atom stereocenters. The van der Waals surface area contributed by atoms with Crippen molar-refractivity contribution in [2.45, 2.75) is 26.3 Å². The number of hydrogen-bond donors (Lipinski definition) is 0. The zero-order chi connectivity index (χ0) is 14.3. The van der Waals surface area contributed by atoms with Gasteiger partial charge < -0.3 is 14.5 Å². The average Bonchev–Trinajstić information content (AvgIpc) is 2.31. The van der Waals surface area contributed by atoms with E-state index in [1.54, 1.807) is 0 Å². The Morgan fingerprint density at radius 1 is 1.05 bits per heavy atom. The minimum absolute atomic E-state index is 0. The fourth-order valence-electron chi connectivity index (χ4n) is 2.17. The molecule has 0 saturated carbocycles. The van der Waals surface area contributed by atoms with Crippen LogP contribution in [-0.4, -0.2) is 51.1 Å². The normalized spacial score (nSPS) is 10.8. The maximum atomic E-state index is 5.73. The van der Waals surface area contributed by atoms with Crippen molar-refractivity contribution < 1.29 is 4.74 Å². The third-order valence-electron chi connectivity index (χ3n) is 2.97. The highest BCUT2D eigenvalue weighted by Gasteiger charge is 2.06. The van der Waals surface area contributed by atoms with E-state index in [-0.39, 0.29) is 12.4 Å². The monoisotopic (exact) mass is 300 g/mol. The van der Waals surface area contributed by atoms with Crippen LogP contribution in [0, 0.1) is 0 Å². The largest absolute Gasteiger partial charge is 0.494 e. The summed E-state index contributed by atoms with van der Waals surface area (Å²) in [7, 11) is 8.43. The molecule has 20 heavy (non-hydrogen) atoms. The molecule has 0 aliphatic carbocycles. The molecule has 0 radical (unpaired) electrons. The Morgan fingerprint density at radius 2 is 1.75 bits per heavy atom. The summed E-state index contributed by atoms with van der Waals surface area (Å²) in [5, 5.41) is 0. The minimum Gasteiger partial charge on any atom is -0.494 e. The van der Waals surface area contributed by atoms with Crippen molar-refractivity contribution in [2.24, 2.45) is 0 Å². The lowest BCUT2D eigenvalue weighted by molar-refractivity contribution is 0.334. The summed E-state index contributed by atoms with van der Waals surface area (Å²) in [4.78, 5) is 4.42. The lowest BCUT2D eigenvalue weighted by atomic mass is 10.0. The standard InChI is InChI=1S/C16H28N2O.ClH/c1-6-19-16-10-9-14(13-18(4)5)12-15(16)8-7-11-17(2)3;/h9-10,12H,6-8,11,13H2,1-5H3;1H. The van der Waals surface area contributed by atoms with Gasteiger partial charge in [0, 0.05) is 6.54 Å². The van der Waals surface area contributed by atoms with E-state index in [4.69, 9.17) is 4.74 Å². The van der Waals surface area contributed by atoms with Crippen LogP contribution in [0.3, 0.4) is 0 Å². The molecule has 1 rings (SSSR count). The van der Waals surface area contributed by atoms with Crippen LogP contribution in [0.1, 0.15) is 24.5 Å². The summed E-state index contributed by atoms with van der Waals surface area (Å²) in [5.41, 5.74) is 2.69. The maximum absolute atomic E-state index is 5.73. The molecule has 0 atom stereocenters. The molecular weight excluding hydrogens is 272 g/mol. The topological polar surface area (TPSA) is 15.7 Å². The second kappa shape index (κ2) is 10.0. The smallest absolute Gasteiger partial charge is 0.122 e. The van der Waals surface area contributed by atoms with Crippen LogP contribution in [0.2, 0.25) is 0 Å². The van der Waals surface area contributed by atoms with Crippen molar-refractivity contribution >= 4 is 12.4 Å². The Bertz CT molecular complexity index is 381. The highest BCUT2D eigenvalue weighted by molar-refractivity contribution is 5.85. The molecular formula is C16H29ClN2O. The Hall–Kier alpha value is -0.770. The van der Waals surface area contributed by atoms with Gasteiger partial charge in [0.15, 0.2) is 0 Å². The molecule has 0 amide bonds. The number of hydrogen-bond acceptors (Lipinski definition) is 3. The molecule has 0 bridgehead atoms. The molecule has 0 fully saturated rings. The lowest BCUT2D eigenvalue weighted by Gasteiger charge is -2.15. The molecule has 1 aromatic carbocycles. The summed E-state index contributed by atoms with van der Waals surface area (Å²) in [6.45, 7) is 4.86. The summed E-state index contributed by atoms with van der Waals surface area (Å²) < 4.78 is 5.73. The van der Waals surface area contributed by atoms with E-state index in [9.17, 15) is 0 Å². The molecule has 0 aliphatic heterocycles. The first-order valence-corrected chi connectivity index (χ1v) is 7.07. The number of halogens is 1. The fourth-order valence-corrected chi connectivity index (χ4v) is 2.17. The molecule has 0 saturated heterocycles. The van der Waals surface area contributed by atoms with E-state index in [1.807, 2.05) is 6.92 Å². The van der Waals surface area contributed by atoms with Crippen molar-refractivity contribution in [1.29, 1.82) is 0 Å². The van der Waals surface area contributed by atoms with Crippen molar-refractivity contribution in [3.63, 3.8) is 0 Å². The van der Waals surface area contributed by atoms with Gasteiger partial charge in [0.2, 0.25) is 0 Å². The van der Waals surface area contributed by atoms with E-state index in [0.717, 1.165) is 31.9 Å². The molecule has 1 aromatic rings. The van der Waals surface area contributed by atoms with Gasteiger partial charge in [-0.05, 0) is 71.7 Å². The van der Waals surface area contributed by atoms with E-state index < -0.39 is 0 Å². The number of aryl methyl sites for hydroxylation is 1. The molecule has 4 heteroatoms. The number of ether oxygens (including phenoxy) is 1. The Balaban J connectivity index is 0.00000361. The number of nitrogens with zero attached hydrogens (tertiary/aromatic N) is 2. The highest BCUT2D eigenvalue weighted by Crippen LogP contribution is 2.22. The van der Waals surface area contributed by atoms with Gasteiger partial charge >= 0.3 is 0 Å². The molecule has 0 aromatic heterocycles. The van der Waals surface area contributed by atoms with Gasteiger partial charge in [0.1, 0.15) is 5.75 Å². The zero-order valence-electron chi connectivity index (χ0n) is 13.5. The first kappa shape index (κ1) is 19.2. The van der Waals surface area contributed by atoms with Crippen LogP contribution < -0.4 is 4.74 Å². The van der Waals surface area contributed by atoms with Crippen molar-refractivity contribution in [1.82, 2.24) is 9.80 Å². The maximum Gasteiger partial charge on any atom is 0.122 e. The van der Waals surface area contributed by atoms with E-state index >= 15 is 0 Å².